The summed E-state index contributed by atoms with van der Waals surface area (Å²) in [4.78, 5) is 19.6. The van der Waals surface area contributed by atoms with Gasteiger partial charge in [0.1, 0.15) is 11.6 Å². The van der Waals surface area contributed by atoms with Crippen LogP contribution in [-0.4, -0.2) is 24.5 Å². The van der Waals surface area contributed by atoms with Gasteiger partial charge >= 0.3 is 0 Å². The molecule has 5 nitrogen and oxygen atoms in total. The summed E-state index contributed by atoms with van der Waals surface area (Å²) in [5, 5.41) is 0. The van der Waals surface area contributed by atoms with Gasteiger partial charge in [-0.2, -0.15) is 0 Å². The van der Waals surface area contributed by atoms with Crippen LogP contribution in [-0.2, 0) is 0 Å². The third-order valence-corrected chi connectivity index (χ3v) is 6.76. The lowest BCUT2D eigenvalue weighted by Crippen LogP contribution is -2.04. The van der Waals surface area contributed by atoms with Crippen molar-refractivity contribution in [2.24, 2.45) is 0 Å². The molecule has 0 N–H and O–H groups in total. The standard InChI is InChI=1S/C34H22FN5/c35-27-19-9-11-21-29(27)40-30-22-12-10-20-28(30)36-34(40)26-18-8-7-17-25(26)33-38-31(23-13-3-1-4-14-23)37-32(39-33)24-15-5-2-6-16-24/h1-22H. The molecule has 7 aromatic rings. The van der Waals surface area contributed by atoms with Gasteiger partial charge in [-0.05, 0) is 24.3 Å². The number of aromatic nitrogens is 5. The average Bonchev–Trinajstić information content (AvgIpc) is 3.41. The van der Waals surface area contributed by atoms with Crippen molar-refractivity contribution in [1.29, 1.82) is 0 Å². The van der Waals surface area contributed by atoms with E-state index in [4.69, 9.17) is 19.9 Å². The Morgan fingerprint density at radius 3 is 1.65 bits per heavy atom. The van der Waals surface area contributed by atoms with Crippen LogP contribution in [0.25, 0.3) is 62.3 Å². The molecular weight excluding hydrogens is 497 g/mol. The summed E-state index contributed by atoms with van der Waals surface area (Å²) in [5.74, 6) is 1.92. The molecular formula is C34H22FN5. The highest BCUT2D eigenvalue weighted by atomic mass is 19.1. The van der Waals surface area contributed by atoms with Crippen molar-refractivity contribution in [2.45, 2.75) is 0 Å². The van der Waals surface area contributed by atoms with E-state index in [1.54, 1.807) is 12.1 Å². The monoisotopic (exact) mass is 519 g/mol. The van der Waals surface area contributed by atoms with Gasteiger partial charge in [-0.25, -0.2) is 24.3 Å². The Kier molecular flexibility index (Phi) is 5.90. The van der Waals surface area contributed by atoms with Gasteiger partial charge in [-0.15, -0.1) is 0 Å². The van der Waals surface area contributed by atoms with Crippen LogP contribution in [0.4, 0.5) is 4.39 Å². The van der Waals surface area contributed by atoms with E-state index in [2.05, 4.69) is 0 Å². The molecule has 6 heteroatoms. The van der Waals surface area contributed by atoms with E-state index < -0.39 is 0 Å². The zero-order valence-electron chi connectivity index (χ0n) is 21.3. The molecule has 5 aromatic carbocycles. The average molecular weight is 520 g/mol. The van der Waals surface area contributed by atoms with Crippen molar-refractivity contribution < 1.29 is 4.39 Å². The Morgan fingerprint density at radius 2 is 0.975 bits per heavy atom. The van der Waals surface area contributed by atoms with E-state index >= 15 is 4.39 Å². The SMILES string of the molecule is Fc1ccccc1-n1c(-c2ccccc2-c2nc(-c3ccccc3)nc(-c3ccccc3)n2)nc2ccccc21. The minimum Gasteiger partial charge on any atom is -0.289 e. The second kappa shape index (κ2) is 10.0. The molecule has 0 fully saturated rings. The van der Waals surface area contributed by atoms with Crippen molar-refractivity contribution in [2.75, 3.05) is 0 Å². The first-order valence-corrected chi connectivity index (χ1v) is 13.0. The second-order valence-electron chi connectivity index (χ2n) is 9.29. The number of fused-ring (bicyclic) bond motifs is 1. The van der Waals surface area contributed by atoms with Crippen LogP contribution in [0.3, 0.4) is 0 Å². The molecule has 0 unspecified atom stereocenters. The molecule has 0 bridgehead atoms. The lowest BCUT2D eigenvalue weighted by molar-refractivity contribution is 0.620. The molecule has 0 aliphatic rings. The van der Waals surface area contributed by atoms with Crippen LogP contribution in [0, 0.1) is 5.82 Å². The van der Waals surface area contributed by atoms with E-state index in [9.17, 15) is 0 Å². The predicted molar refractivity (Wildman–Crippen MR) is 156 cm³/mol. The molecule has 190 valence electrons. The highest BCUT2D eigenvalue weighted by molar-refractivity contribution is 5.87. The molecule has 2 aromatic heterocycles. The Bertz CT molecular complexity index is 1910. The Hall–Kier alpha value is -5.49. The summed E-state index contributed by atoms with van der Waals surface area (Å²) < 4.78 is 17.1. The van der Waals surface area contributed by atoms with Crippen LogP contribution < -0.4 is 0 Å². The maximum atomic E-state index is 15.2. The lowest BCUT2D eigenvalue weighted by atomic mass is 10.1. The molecule has 40 heavy (non-hydrogen) atoms. The molecule has 0 amide bonds. The van der Waals surface area contributed by atoms with E-state index in [0.717, 1.165) is 33.3 Å². The summed E-state index contributed by atoms with van der Waals surface area (Å²) in [6, 6.07) is 42.0. The smallest absolute Gasteiger partial charge is 0.164 e. The Balaban J connectivity index is 1.50. The lowest BCUT2D eigenvalue weighted by Gasteiger charge is -2.14. The van der Waals surface area contributed by atoms with Gasteiger partial charge in [-0.3, -0.25) is 4.57 Å². The summed E-state index contributed by atoms with van der Waals surface area (Å²) >= 11 is 0. The number of halogens is 1. The maximum absolute atomic E-state index is 15.2. The molecule has 2 heterocycles. The van der Waals surface area contributed by atoms with Crippen molar-refractivity contribution in [1.82, 2.24) is 24.5 Å². The maximum Gasteiger partial charge on any atom is 0.164 e. The Morgan fingerprint density at radius 1 is 0.450 bits per heavy atom. The van der Waals surface area contributed by atoms with Gasteiger partial charge in [-0.1, -0.05) is 109 Å². The quantitative estimate of drug-likeness (QED) is 0.231. The minimum absolute atomic E-state index is 0.331. The number of nitrogens with zero attached hydrogens (tertiary/aromatic N) is 5. The van der Waals surface area contributed by atoms with Gasteiger partial charge < -0.3 is 0 Å². The molecule has 0 atom stereocenters. The first-order chi connectivity index (χ1) is 19.8. The van der Waals surface area contributed by atoms with Gasteiger partial charge in [0.15, 0.2) is 17.5 Å². The van der Waals surface area contributed by atoms with Crippen molar-refractivity contribution in [3.8, 4) is 51.2 Å². The number of hydrogen-bond donors (Lipinski definition) is 0. The zero-order chi connectivity index (χ0) is 26.9. The van der Waals surface area contributed by atoms with Crippen LogP contribution in [0.15, 0.2) is 133 Å². The number of hydrogen-bond acceptors (Lipinski definition) is 4. The minimum atomic E-state index is -0.331. The van der Waals surface area contributed by atoms with Gasteiger partial charge in [0, 0.05) is 22.3 Å². The predicted octanol–water partition coefficient (Wildman–Crippen LogP) is 8.02. The third-order valence-electron chi connectivity index (χ3n) is 6.76. The summed E-state index contributed by atoms with van der Waals surface area (Å²) in [6.07, 6.45) is 0. The number of rotatable bonds is 5. The fraction of sp³-hybridized carbons (Fsp3) is 0. The van der Waals surface area contributed by atoms with Crippen LogP contribution in [0.2, 0.25) is 0 Å². The van der Waals surface area contributed by atoms with Gasteiger partial charge in [0.05, 0.1) is 16.7 Å². The van der Waals surface area contributed by atoms with Crippen LogP contribution in [0.1, 0.15) is 0 Å². The molecule has 0 radical (unpaired) electrons. The third kappa shape index (κ3) is 4.22. The number of imidazole rings is 1. The van der Waals surface area contributed by atoms with E-state index in [-0.39, 0.29) is 5.82 Å². The number of benzene rings is 5. The van der Waals surface area contributed by atoms with Crippen molar-refractivity contribution in [3.63, 3.8) is 0 Å². The number of para-hydroxylation sites is 3. The summed E-state index contributed by atoms with van der Waals surface area (Å²) in [6.45, 7) is 0. The fourth-order valence-electron chi connectivity index (χ4n) is 4.89. The molecule has 0 spiro atoms. The largest absolute Gasteiger partial charge is 0.289 e. The summed E-state index contributed by atoms with van der Waals surface area (Å²) in [7, 11) is 0. The van der Waals surface area contributed by atoms with Crippen LogP contribution >= 0.6 is 0 Å². The molecule has 7 rings (SSSR count). The molecule has 0 aliphatic carbocycles. The topological polar surface area (TPSA) is 56.5 Å². The first-order valence-electron chi connectivity index (χ1n) is 13.0. The zero-order valence-corrected chi connectivity index (χ0v) is 21.3. The molecule has 0 aliphatic heterocycles. The summed E-state index contributed by atoms with van der Waals surface area (Å²) in [5.41, 5.74) is 5.33. The van der Waals surface area contributed by atoms with Crippen LogP contribution in [0.5, 0.6) is 0 Å². The highest BCUT2D eigenvalue weighted by Gasteiger charge is 2.21. The van der Waals surface area contributed by atoms with Crippen molar-refractivity contribution in [3.05, 3.63) is 139 Å². The van der Waals surface area contributed by atoms with E-state index in [1.807, 2.05) is 120 Å². The normalized spacial score (nSPS) is 11.1. The first kappa shape index (κ1) is 23.6. The van der Waals surface area contributed by atoms with Crippen molar-refractivity contribution >= 4 is 11.0 Å². The second-order valence-corrected chi connectivity index (χ2v) is 9.29. The van der Waals surface area contributed by atoms with Gasteiger partial charge in [0.25, 0.3) is 0 Å². The highest BCUT2D eigenvalue weighted by Crippen LogP contribution is 2.36. The molecule has 0 saturated carbocycles. The molecule has 0 saturated heterocycles. The van der Waals surface area contributed by atoms with Gasteiger partial charge in [0.2, 0.25) is 0 Å². The van der Waals surface area contributed by atoms with E-state index in [1.165, 1.54) is 6.07 Å². The fourth-order valence-corrected chi connectivity index (χ4v) is 4.89. The van der Waals surface area contributed by atoms with E-state index in [0.29, 0.717) is 29.0 Å². The Labute approximate surface area is 230 Å².